The Morgan fingerprint density at radius 2 is 2.61 bits per heavy atom. The molecule has 0 saturated carbocycles. The predicted octanol–water partition coefficient (Wildman–Crippen LogP) is 0.227. The maximum Gasteiger partial charge on any atom is 0.220 e. The number of nitrogens with one attached hydrogen (secondary N) is 2. The highest BCUT2D eigenvalue weighted by atomic mass is 32.1. The van der Waals surface area contributed by atoms with Gasteiger partial charge in [-0.15, -0.1) is 0 Å². The number of aromatic nitrogens is 1. The van der Waals surface area contributed by atoms with E-state index in [1.54, 1.807) is 6.20 Å². The minimum Gasteiger partial charge on any atom is -0.530 e. The van der Waals surface area contributed by atoms with E-state index in [1.165, 1.54) is 11.5 Å². The number of carbonyl (C=O) groups is 1. The van der Waals surface area contributed by atoms with Gasteiger partial charge < -0.3 is 20.1 Å². The molecule has 0 aliphatic carbocycles. The molecule has 1 aromatic heterocycles. The Balaban J connectivity index is 2.10. The lowest BCUT2D eigenvalue weighted by atomic mass is 10.1. The van der Waals surface area contributed by atoms with Crippen molar-refractivity contribution in [1.29, 1.82) is 5.53 Å². The summed E-state index contributed by atoms with van der Waals surface area (Å²) < 4.78 is 4.02. The SMILES string of the molecule is N=[N+]=Nc1cnsc1N1CCC[C@H](NC(=O)[O-])C1. The summed E-state index contributed by atoms with van der Waals surface area (Å²) in [5, 5.41) is 17.4. The second-order valence-corrected chi connectivity index (χ2v) is 4.71. The highest BCUT2D eigenvalue weighted by molar-refractivity contribution is 7.10. The summed E-state index contributed by atoms with van der Waals surface area (Å²) in [6.07, 6.45) is 1.96. The first-order chi connectivity index (χ1) is 8.70. The lowest BCUT2D eigenvalue weighted by Gasteiger charge is -2.33. The van der Waals surface area contributed by atoms with Gasteiger partial charge in [-0.3, -0.25) is 0 Å². The van der Waals surface area contributed by atoms with Crippen LogP contribution in [-0.4, -0.2) is 29.6 Å². The standard InChI is InChI=1S/C9H12N6O2S/c10-14-13-7-4-11-18-8(7)15-3-1-2-6(5-15)12-9(16)17/h4,6,10,12H,1-3,5H2/t6-/m0/s1. The van der Waals surface area contributed by atoms with Crippen LogP contribution in [0.3, 0.4) is 0 Å². The third-order valence-corrected chi connectivity index (χ3v) is 3.57. The maximum atomic E-state index is 10.5. The molecule has 0 bridgehead atoms. The van der Waals surface area contributed by atoms with Crippen LogP contribution in [0.5, 0.6) is 0 Å². The fourth-order valence-electron chi connectivity index (χ4n) is 2.02. The van der Waals surface area contributed by atoms with Gasteiger partial charge in [-0.05, 0) is 24.4 Å². The number of carboxylic acid groups (broad SMARTS) is 1. The van der Waals surface area contributed by atoms with Crippen LogP contribution in [-0.2, 0) is 0 Å². The molecule has 2 heterocycles. The zero-order valence-electron chi connectivity index (χ0n) is 9.50. The molecule has 1 fully saturated rings. The fourth-order valence-corrected chi connectivity index (χ4v) is 2.74. The van der Waals surface area contributed by atoms with Crippen LogP contribution in [0.15, 0.2) is 11.3 Å². The third-order valence-electron chi connectivity index (χ3n) is 2.72. The van der Waals surface area contributed by atoms with E-state index < -0.39 is 6.09 Å². The van der Waals surface area contributed by atoms with Gasteiger partial charge in [-0.2, -0.15) is 4.37 Å². The van der Waals surface area contributed by atoms with E-state index in [1.807, 2.05) is 4.90 Å². The molecule has 1 aliphatic heterocycles. The topological polar surface area (TPSA) is 119 Å². The number of amides is 1. The van der Waals surface area contributed by atoms with Gasteiger partial charge in [-0.1, -0.05) is 0 Å². The molecule has 1 amide bonds. The molecule has 1 atom stereocenters. The average Bonchev–Trinajstić information content (AvgIpc) is 2.77. The molecule has 9 heteroatoms. The zero-order valence-corrected chi connectivity index (χ0v) is 10.3. The van der Waals surface area contributed by atoms with Crippen LogP contribution in [0.2, 0.25) is 0 Å². The van der Waals surface area contributed by atoms with Gasteiger partial charge in [0.15, 0.2) is 5.11 Å². The zero-order chi connectivity index (χ0) is 13.0. The third kappa shape index (κ3) is 2.82. The van der Waals surface area contributed by atoms with Gasteiger partial charge in [0.25, 0.3) is 0 Å². The van der Waals surface area contributed by atoms with E-state index in [2.05, 4.69) is 19.7 Å². The van der Waals surface area contributed by atoms with Gasteiger partial charge in [0.1, 0.15) is 16.6 Å². The van der Waals surface area contributed by atoms with E-state index in [9.17, 15) is 9.90 Å². The molecular formula is C9H12N6O2S. The maximum absolute atomic E-state index is 10.5. The summed E-state index contributed by atoms with van der Waals surface area (Å²) in [6, 6.07) is -0.147. The van der Waals surface area contributed by atoms with Crippen molar-refractivity contribution in [2.24, 2.45) is 5.11 Å². The number of piperidine rings is 1. The number of carbonyl (C=O) groups excluding carboxylic acids is 1. The van der Waals surface area contributed by atoms with E-state index >= 15 is 0 Å². The minimum absolute atomic E-state index is 0.147. The summed E-state index contributed by atoms with van der Waals surface area (Å²) in [4.78, 5) is 15.5. The van der Waals surface area contributed by atoms with Crippen LogP contribution in [0, 0.1) is 5.53 Å². The minimum atomic E-state index is -1.25. The molecular weight excluding hydrogens is 256 g/mol. The Labute approximate surface area is 107 Å². The van der Waals surface area contributed by atoms with Crippen LogP contribution in [0.25, 0.3) is 0 Å². The molecule has 1 aromatic rings. The number of hydrogen-bond acceptors (Lipinski definition) is 7. The van der Waals surface area contributed by atoms with Crippen molar-refractivity contribution in [3.63, 3.8) is 0 Å². The monoisotopic (exact) mass is 268 g/mol. The van der Waals surface area contributed by atoms with Crippen molar-refractivity contribution < 1.29 is 9.90 Å². The Kier molecular flexibility index (Phi) is 3.85. The molecule has 1 saturated heterocycles. The van der Waals surface area contributed by atoms with Crippen LogP contribution in [0.4, 0.5) is 15.5 Å². The molecule has 8 nitrogen and oxygen atoms in total. The van der Waals surface area contributed by atoms with Crippen molar-refractivity contribution in [1.82, 2.24) is 14.6 Å². The van der Waals surface area contributed by atoms with Crippen molar-refractivity contribution in [3.8, 4) is 0 Å². The molecule has 0 unspecified atom stereocenters. The quantitative estimate of drug-likeness (QED) is 0.602. The number of nitrogens with zero attached hydrogens (tertiary/aromatic N) is 4. The van der Waals surface area contributed by atoms with Crippen molar-refractivity contribution in [3.05, 3.63) is 6.20 Å². The average molecular weight is 268 g/mol. The van der Waals surface area contributed by atoms with Crippen molar-refractivity contribution in [2.45, 2.75) is 18.9 Å². The van der Waals surface area contributed by atoms with Crippen LogP contribution in [0.1, 0.15) is 12.8 Å². The highest BCUT2D eigenvalue weighted by Crippen LogP contribution is 2.33. The number of anilines is 1. The first-order valence-electron chi connectivity index (χ1n) is 5.45. The lowest BCUT2D eigenvalue weighted by molar-refractivity contribution is -0.251. The van der Waals surface area contributed by atoms with Crippen molar-refractivity contribution >= 4 is 28.3 Å². The fraction of sp³-hybridized carbons (Fsp3) is 0.556. The Bertz CT molecular complexity index is 483. The van der Waals surface area contributed by atoms with E-state index in [-0.39, 0.29) is 6.04 Å². The Morgan fingerprint density at radius 3 is 3.33 bits per heavy atom. The Morgan fingerprint density at radius 1 is 1.78 bits per heavy atom. The van der Waals surface area contributed by atoms with Crippen molar-refractivity contribution in [2.75, 3.05) is 18.0 Å². The molecule has 1 aliphatic rings. The predicted molar refractivity (Wildman–Crippen MR) is 62.8 cm³/mol. The smallest absolute Gasteiger partial charge is 0.220 e. The first-order valence-corrected chi connectivity index (χ1v) is 6.22. The Hall–Kier alpha value is -1.99. The molecule has 96 valence electrons. The second kappa shape index (κ2) is 5.56. The van der Waals surface area contributed by atoms with E-state index in [0.717, 1.165) is 24.4 Å². The molecule has 0 aromatic carbocycles. The van der Waals surface area contributed by atoms with Crippen LogP contribution >= 0.6 is 11.5 Å². The number of hydrogen-bond donors (Lipinski definition) is 2. The summed E-state index contributed by atoms with van der Waals surface area (Å²) in [5.41, 5.74) is 7.29. The second-order valence-electron chi connectivity index (χ2n) is 3.93. The molecule has 0 radical (unpaired) electrons. The van der Waals surface area contributed by atoms with Gasteiger partial charge in [-0.25, -0.2) is 0 Å². The summed E-state index contributed by atoms with van der Waals surface area (Å²) >= 11 is 1.26. The largest absolute Gasteiger partial charge is 0.530 e. The van der Waals surface area contributed by atoms with Gasteiger partial charge in [0.2, 0.25) is 10.6 Å². The molecule has 2 N–H and O–H groups in total. The summed E-state index contributed by atoms with van der Waals surface area (Å²) in [6.45, 7) is 1.37. The van der Waals surface area contributed by atoms with Gasteiger partial charge >= 0.3 is 0 Å². The number of rotatable bonds is 3. The normalized spacial score (nSPS) is 19.1. The first kappa shape index (κ1) is 12.5. The lowest BCUT2D eigenvalue weighted by Crippen LogP contribution is -2.51. The van der Waals surface area contributed by atoms with Gasteiger partial charge in [0, 0.05) is 19.1 Å². The summed E-state index contributed by atoms with van der Waals surface area (Å²) in [7, 11) is 0. The summed E-state index contributed by atoms with van der Waals surface area (Å²) in [5.74, 6) is 0. The molecule has 2 rings (SSSR count). The van der Waals surface area contributed by atoms with E-state index in [4.69, 9.17) is 5.53 Å². The van der Waals surface area contributed by atoms with Gasteiger partial charge in [0.05, 0.1) is 6.20 Å². The van der Waals surface area contributed by atoms with E-state index in [0.29, 0.717) is 12.2 Å². The molecule has 18 heavy (non-hydrogen) atoms. The van der Waals surface area contributed by atoms with Crippen LogP contribution < -0.4 is 20.2 Å². The highest BCUT2D eigenvalue weighted by Gasteiger charge is 2.24. The molecule has 0 spiro atoms.